The molecule has 0 saturated heterocycles. The molecule has 0 bridgehead atoms. The van der Waals surface area contributed by atoms with Crippen molar-refractivity contribution < 1.29 is 4.79 Å². The van der Waals surface area contributed by atoms with E-state index < -0.39 is 0 Å². The Morgan fingerprint density at radius 2 is 2.06 bits per heavy atom. The molecule has 2 N–H and O–H groups in total. The smallest absolute Gasteiger partial charge is 0.216 e. The van der Waals surface area contributed by atoms with E-state index in [4.69, 9.17) is 0 Å². The van der Waals surface area contributed by atoms with Crippen LogP contribution in [0.2, 0.25) is 0 Å². The number of amides is 1. The molecule has 0 spiro atoms. The third-order valence-corrected chi connectivity index (χ3v) is 2.92. The third kappa shape index (κ3) is 3.07. The molecule has 86 valence electrons. The molecular weight excluding hydrogens is 200 g/mol. The van der Waals surface area contributed by atoms with Crippen LogP contribution in [-0.2, 0) is 4.79 Å². The maximum absolute atomic E-state index is 10.7. The monoisotopic (exact) mass is 218 g/mol. The van der Waals surface area contributed by atoms with Gasteiger partial charge in [-0.3, -0.25) is 4.79 Å². The third-order valence-electron chi connectivity index (χ3n) is 2.92. The summed E-state index contributed by atoms with van der Waals surface area (Å²) in [6.45, 7) is 3.12. The van der Waals surface area contributed by atoms with Crippen LogP contribution in [0.5, 0.6) is 0 Å². The number of nitrogens with one attached hydrogen (secondary N) is 2. The van der Waals surface area contributed by atoms with Crippen LogP contribution in [0.3, 0.4) is 0 Å². The Labute approximate surface area is 96.2 Å². The molecule has 1 aliphatic carbocycles. The fourth-order valence-electron chi connectivity index (χ4n) is 1.99. The molecular formula is C13H18N2O. The lowest BCUT2D eigenvalue weighted by Gasteiger charge is -2.04. The predicted molar refractivity (Wildman–Crippen MR) is 64.3 cm³/mol. The molecule has 1 aromatic carbocycles. The van der Waals surface area contributed by atoms with Crippen LogP contribution >= 0.6 is 0 Å². The first-order chi connectivity index (χ1) is 7.77. The van der Waals surface area contributed by atoms with Crippen molar-refractivity contribution in [2.75, 3.05) is 13.1 Å². The van der Waals surface area contributed by atoms with Gasteiger partial charge in [0.15, 0.2) is 0 Å². The Kier molecular flexibility index (Phi) is 3.57. The van der Waals surface area contributed by atoms with E-state index in [1.54, 1.807) is 6.92 Å². The minimum Gasteiger partial charge on any atom is -0.355 e. The zero-order valence-electron chi connectivity index (χ0n) is 9.57. The van der Waals surface area contributed by atoms with Crippen LogP contribution in [0.15, 0.2) is 30.3 Å². The van der Waals surface area contributed by atoms with Gasteiger partial charge in [-0.25, -0.2) is 0 Å². The minimum atomic E-state index is 0.0391. The van der Waals surface area contributed by atoms with Crippen molar-refractivity contribution in [3.05, 3.63) is 35.9 Å². The summed E-state index contributed by atoms with van der Waals surface area (Å²) in [6, 6.07) is 11.2. The molecule has 2 rings (SSSR count). The normalized spacial score (nSPS) is 22.8. The van der Waals surface area contributed by atoms with Crippen molar-refractivity contribution in [2.45, 2.75) is 25.3 Å². The van der Waals surface area contributed by atoms with Gasteiger partial charge < -0.3 is 10.6 Å². The fourth-order valence-corrected chi connectivity index (χ4v) is 1.99. The van der Waals surface area contributed by atoms with E-state index >= 15 is 0 Å². The van der Waals surface area contributed by atoms with Crippen molar-refractivity contribution in [3.8, 4) is 0 Å². The maximum atomic E-state index is 10.7. The topological polar surface area (TPSA) is 41.1 Å². The molecule has 0 aromatic heterocycles. The lowest BCUT2D eigenvalue weighted by Crippen LogP contribution is -2.31. The van der Waals surface area contributed by atoms with E-state index in [0.29, 0.717) is 18.5 Å². The van der Waals surface area contributed by atoms with Crippen molar-refractivity contribution in [3.63, 3.8) is 0 Å². The molecule has 3 nitrogen and oxygen atoms in total. The molecule has 0 heterocycles. The second kappa shape index (κ2) is 5.12. The number of benzene rings is 1. The van der Waals surface area contributed by atoms with Gasteiger partial charge in [0, 0.05) is 32.0 Å². The summed E-state index contributed by atoms with van der Waals surface area (Å²) in [7, 11) is 0. The molecule has 2 unspecified atom stereocenters. The van der Waals surface area contributed by atoms with Gasteiger partial charge >= 0.3 is 0 Å². The Hall–Kier alpha value is -1.35. The summed E-state index contributed by atoms with van der Waals surface area (Å²) in [6.07, 6.45) is 1.21. The summed E-state index contributed by atoms with van der Waals surface area (Å²) < 4.78 is 0. The minimum absolute atomic E-state index is 0.0391. The first-order valence-electron chi connectivity index (χ1n) is 5.80. The van der Waals surface area contributed by atoms with Gasteiger partial charge in [0.2, 0.25) is 5.91 Å². The quantitative estimate of drug-likeness (QED) is 0.731. The molecule has 3 heteroatoms. The van der Waals surface area contributed by atoms with Gasteiger partial charge in [-0.15, -0.1) is 0 Å². The van der Waals surface area contributed by atoms with E-state index in [-0.39, 0.29) is 5.91 Å². The number of carbonyl (C=O) groups excluding carboxylic acids is 1. The molecule has 1 amide bonds. The molecule has 1 aliphatic rings. The average molecular weight is 218 g/mol. The lowest BCUT2D eigenvalue weighted by atomic mass is 10.1. The van der Waals surface area contributed by atoms with Gasteiger partial charge in [0.25, 0.3) is 0 Å². The maximum Gasteiger partial charge on any atom is 0.216 e. The Bertz CT molecular complexity index is 350. The zero-order chi connectivity index (χ0) is 11.4. The highest BCUT2D eigenvalue weighted by Crippen LogP contribution is 2.40. The first kappa shape index (κ1) is 11.1. The molecule has 16 heavy (non-hydrogen) atoms. The predicted octanol–water partition coefficient (Wildman–Crippen LogP) is 1.27. The van der Waals surface area contributed by atoms with Crippen molar-refractivity contribution in [2.24, 2.45) is 0 Å². The van der Waals surface area contributed by atoms with Crippen molar-refractivity contribution >= 4 is 5.91 Å². The summed E-state index contributed by atoms with van der Waals surface area (Å²) in [5.74, 6) is 0.704. The van der Waals surface area contributed by atoms with Crippen LogP contribution < -0.4 is 10.6 Å². The van der Waals surface area contributed by atoms with E-state index in [2.05, 4.69) is 34.9 Å². The van der Waals surface area contributed by atoms with Crippen LogP contribution in [0, 0.1) is 0 Å². The second-order valence-corrected chi connectivity index (χ2v) is 4.30. The first-order valence-corrected chi connectivity index (χ1v) is 5.80. The van der Waals surface area contributed by atoms with Crippen molar-refractivity contribution in [1.29, 1.82) is 0 Å². The molecule has 1 saturated carbocycles. The van der Waals surface area contributed by atoms with Crippen LogP contribution in [0.1, 0.15) is 24.8 Å². The Morgan fingerprint density at radius 1 is 1.31 bits per heavy atom. The standard InChI is InChI=1S/C13H18N2O/c1-10(16)14-7-8-15-13-9-12(13)11-5-3-2-4-6-11/h2-6,12-13,15H,7-9H2,1H3,(H,14,16). The SMILES string of the molecule is CC(=O)NCCNC1CC1c1ccccc1. The summed E-state index contributed by atoms with van der Waals surface area (Å²) >= 11 is 0. The van der Waals surface area contributed by atoms with Gasteiger partial charge in [-0.05, 0) is 12.0 Å². The van der Waals surface area contributed by atoms with E-state index in [0.717, 1.165) is 6.54 Å². The van der Waals surface area contributed by atoms with Crippen molar-refractivity contribution in [1.82, 2.24) is 10.6 Å². The highest BCUT2D eigenvalue weighted by Gasteiger charge is 2.37. The highest BCUT2D eigenvalue weighted by molar-refractivity contribution is 5.72. The van der Waals surface area contributed by atoms with E-state index in [9.17, 15) is 4.79 Å². The zero-order valence-corrected chi connectivity index (χ0v) is 9.57. The van der Waals surface area contributed by atoms with E-state index in [1.807, 2.05) is 6.07 Å². The summed E-state index contributed by atoms with van der Waals surface area (Å²) in [5.41, 5.74) is 1.42. The summed E-state index contributed by atoms with van der Waals surface area (Å²) in [4.78, 5) is 10.7. The summed E-state index contributed by atoms with van der Waals surface area (Å²) in [5, 5.41) is 6.23. The largest absolute Gasteiger partial charge is 0.355 e. The lowest BCUT2D eigenvalue weighted by molar-refractivity contribution is -0.118. The molecule has 2 atom stereocenters. The van der Waals surface area contributed by atoms with Gasteiger partial charge in [-0.1, -0.05) is 30.3 Å². The van der Waals surface area contributed by atoms with Gasteiger partial charge in [0.1, 0.15) is 0 Å². The molecule has 0 aliphatic heterocycles. The van der Waals surface area contributed by atoms with Gasteiger partial charge in [-0.2, -0.15) is 0 Å². The highest BCUT2D eigenvalue weighted by atomic mass is 16.1. The number of hydrogen-bond acceptors (Lipinski definition) is 2. The molecule has 0 radical (unpaired) electrons. The molecule has 1 aromatic rings. The van der Waals surface area contributed by atoms with Gasteiger partial charge in [0.05, 0.1) is 0 Å². The van der Waals surface area contributed by atoms with Crippen LogP contribution in [0.25, 0.3) is 0 Å². The molecule has 1 fully saturated rings. The van der Waals surface area contributed by atoms with Crippen LogP contribution in [0.4, 0.5) is 0 Å². The number of rotatable bonds is 5. The average Bonchev–Trinajstić information content (AvgIpc) is 3.05. The number of hydrogen-bond donors (Lipinski definition) is 2. The number of carbonyl (C=O) groups is 1. The fraction of sp³-hybridized carbons (Fsp3) is 0.462. The second-order valence-electron chi connectivity index (χ2n) is 4.30. The Morgan fingerprint density at radius 3 is 2.75 bits per heavy atom. The Balaban J connectivity index is 1.66. The van der Waals surface area contributed by atoms with Crippen LogP contribution in [-0.4, -0.2) is 25.0 Å². The van der Waals surface area contributed by atoms with E-state index in [1.165, 1.54) is 12.0 Å².